The van der Waals surface area contributed by atoms with E-state index in [1.807, 2.05) is 6.92 Å². The van der Waals surface area contributed by atoms with Gasteiger partial charge in [0, 0.05) is 19.0 Å². The minimum atomic E-state index is -0.0282. The molecule has 1 atom stereocenters. The van der Waals surface area contributed by atoms with Gasteiger partial charge in [-0.25, -0.2) is 0 Å². The third-order valence-electron chi connectivity index (χ3n) is 5.65. The van der Waals surface area contributed by atoms with Crippen LogP contribution in [0.4, 0.5) is 0 Å². The molecular formula is C16H28N2O. The number of carbonyl (C=O) groups is 1. The second-order valence-electron chi connectivity index (χ2n) is 7.70. The molecule has 0 aromatic rings. The maximum absolute atomic E-state index is 11.6. The van der Waals surface area contributed by atoms with Gasteiger partial charge in [-0.3, -0.25) is 4.79 Å². The van der Waals surface area contributed by atoms with Gasteiger partial charge in [-0.05, 0) is 75.0 Å². The van der Waals surface area contributed by atoms with Crippen molar-refractivity contribution in [2.45, 2.75) is 64.3 Å². The fraction of sp³-hybridized carbons (Fsp3) is 0.938. The van der Waals surface area contributed by atoms with Crippen LogP contribution in [0.2, 0.25) is 0 Å². The van der Waals surface area contributed by atoms with E-state index in [1.165, 1.54) is 44.9 Å². The lowest BCUT2D eigenvalue weighted by Crippen LogP contribution is -2.47. The molecule has 108 valence electrons. The number of carbonyl (C=O) groups excluding carboxylic acids is 1. The van der Waals surface area contributed by atoms with Crippen LogP contribution in [-0.4, -0.2) is 18.5 Å². The fourth-order valence-corrected chi connectivity index (χ4v) is 5.43. The first-order valence-corrected chi connectivity index (χ1v) is 8.07. The van der Waals surface area contributed by atoms with Gasteiger partial charge in [-0.2, -0.15) is 0 Å². The smallest absolute Gasteiger partial charge is 0.221 e. The van der Waals surface area contributed by atoms with Gasteiger partial charge in [0.25, 0.3) is 0 Å². The van der Waals surface area contributed by atoms with Crippen LogP contribution < -0.4 is 11.1 Å². The molecule has 0 aromatic heterocycles. The Kier molecular flexibility index (Phi) is 3.59. The van der Waals surface area contributed by atoms with Crippen LogP contribution in [-0.2, 0) is 4.79 Å². The summed E-state index contributed by atoms with van der Waals surface area (Å²) in [4.78, 5) is 11.6. The molecule has 0 aromatic carbocycles. The van der Waals surface area contributed by atoms with Gasteiger partial charge < -0.3 is 11.1 Å². The molecule has 4 bridgehead atoms. The van der Waals surface area contributed by atoms with Crippen molar-refractivity contribution in [2.24, 2.45) is 28.9 Å². The maximum atomic E-state index is 11.6. The summed E-state index contributed by atoms with van der Waals surface area (Å²) >= 11 is 0. The molecule has 1 amide bonds. The molecule has 4 aliphatic rings. The lowest BCUT2D eigenvalue weighted by atomic mass is 9.49. The summed E-state index contributed by atoms with van der Waals surface area (Å²) < 4.78 is 0. The summed E-state index contributed by atoms with van der Waals surface area (Å²) in [6.45, 7) is 2.75. The summed E-state index contributed by atoms with van der Waals surface area (Å²) in [5.41, 5.74) is 6.23. The largest absolute Gasteiger partial charge is 0.356 e. The molecule has 3 nitrogen and oxygen atoms in total. The summed E-state index contributed by atoms with van der Waals surface area (Å²) in [5.74, 6) is 3.14. The topological polar surface area (TPSA) is 55.1 Å². The standard InChI is InChI=1S/C16H28N2O/c1-11(17)4-15(19)18-3-2-16-8-12-5-13(9-16)7-14(6-12)10-16/h11-14H,2-10,17H2,1H3,(H,18,19). The summed E-state index contributed by atoms with van der Waals surface area (Å²) in [5, 5.41) is 3.07. The molecule has 19 heavy (non-hydrogen) atoms. The molecule has 0 heterocycles. The van der Waals surface area contributed by atoms with Crippen molar-refractivity contribution in [2.75, 3.05) is 6.54 Å². The molecule has 4 aliphatic carbocycles. The van der Waals surface area contributed by atoms with Crippen LogP contribution in [0.3, 0.4) is 0 Å². The van der Waals surface area contributed by atoms with E-state index in [1.54, 1.807) is 0 Å². The van der Waals surface area contributed by atoms with Gasteiger partial charge >= 0.3 is 0 Å². The van der Waals surface area contributed by atoms with E-state index in [9.17, 15) is 4.79 Å². The van der Waals surface area contributed by atoms with Crippen molar-refractivity contribution in [1.29, 1.82) is 0 Å². The fourth-order valence-electron chi connectivity index (χ4n) is 5.43. The van der Waals surface area contributed by atoms with E-state index in [2.05, 4.69) is 5.32 Å². The van der Waals surface area contributed by atoms with Crippen LogP contribution in [0.25, 0.3) is 0 Å². The second-order valence-corrected chi connectivity index (χ2v) is 7.70. The third-order valence-corrected chi connectivity index (χ3v) is 5.65. The molecular weight excluding hydrogens is 236 g/mol. The summed E-state index contributed by atoms with van der Waals surface area (Å²) in [6, 6.07) is -0.0282. The van der Waals surface area contributed by atoms with Gasteiger partial charge in [0.15, 0.2) is 0 Å². The Labute approximate surface area is 116 Å². The molecule has 3 N–H and O–H groups in total. The zero-order chi connectivity index (χ0) is 13.5. The van der Waals surface area contributed by atoms with Crippen LogP contribution >= 0.6 is 0 Å². The van der Waals surface area contributed by atoms with Crippen molar-refractivity contribution in [3.63, 3.8) is 0 Å². The Balaban J connectivity index is 1.49. The van der Waals surface area contributed by atoms with Crippen LogP contribution in [0.15, 0.2) is 0 Å². The minimum Gasteiger partial charge on any atom is -0.356 e. The Morgan fingerprint density at radius 1 is 1.21 bits per heavy atom. The zero-order valence-corrected chi connectivity index (χ0v) is 12.2. The van der Waals surface area contributed by atoms with Crippen molar-refractivity contribution >= 4 is 5.91 Å². The third kappa shape index (κ3) is 2.96. The monoisotopic (exact) mass is 264 g/mol. The molecule has 0 saturated heterocycles. The van der Waals surface area contributed by atoms with Gasteiger partial charge in [0.2, 0.25) is 5.91 Å². The van der Waals surface area contributed by atoms with Crippen LogP contribution in [0.1, 0.15) is 58.3 Å². The number of nitrogens with one attached hydrogen (secondary N) is 1. The average Bonchev–Trinajstić information content (AvgIpc) is 2.25. The average molecular weight is 264 g/mol. The molecule has 4 fully saturated rings. The molecule has 0 radical (unpaired) electrons. The number of amides is 1. The van der Waals surface area contributed by atoms with E-state index in [-0.39, 0.29) is 11.9 Å². The lowest BCUT2D eigenvalue weighted by molar-refractivity contribution is -0.121. The molecule has 4 saturated carbocycles. The van der Waals surface area contributed by atoms with Gasteiger partial charge in [-0.1, -0.05) is 0 Å². The van der Waals surface area contributed by atoms with Crippen LogP contribution in [0.5, 0.6) is 0 Å². The zero-order valence-electron chi connectivity index (χ0n) is 12.2. The highest BCUT2D eigenvalue weighted by Gasteiger charge is 2.50. The van der Waals surface area contributed by atoms with E-state index >= 15 is 0 Å². The Bertz CT molecular complexity index is 315. The maximum Gasteiger partial charge on any atom is 0.221 e. The highest BCUT2D eigenvalue weighted by Crippen LogP contribution is 2.61. The molecule has 0 aliphatic heterocycles. The van der Waals surface area contributed by atoms with Gasteiger partial charge in [0.05, 0.1) is 0 Å². The number of rotatable bonds is 5. The first-order valence-electron chi connectivity index (χ1n) is 8.07. The lowest BCUT2D eigenvalue weighted by Gasteiger charge is -2.57. The van der Waals surface area contributed by atoms with E-state index < -0.39 is 0 Å². The van der Waals surface area contributed by atoms with E-state index in [4.69, 9.17) is 5.73 Å². The SMILES string of the molecule is CC(N)CC(=O)NCCC12CC3CC(CC(C3)C1)C2. The Morgan fingerprint density at radius 3 is 2.21 bits per heavy atom. The van der Waals surface area contributed by atoms with E-state index in [0.717, 1.165) is 24.3 Å². The molecule has 4 rings (SSSR count). The van der Waals surface area contributed by atoms with E-state index in [0.29, 0.717) is 11.8 Å². The van der Waals surface area contributed by atoms with Crippen molar-refractivity contribution in [3.05, 3.63) is 0 Å². The molecule has 1 unspecified atom stereocenters. The minimum absolute atomic E-state index is 0.0282. The first-order chi connectivity index (χ1) is 9.05. The highest BCUT2D eigenvalue weighted by atomic mass is 16.1. The van der Waals surface area contributed by atoms with Gasteiger partial charge in [0.1, 0.15) is 0 Å². The Morgan fingerprint density at radius 2 is 1.74 bits per heavy atom. The predicted octanol–water partition coefficient (Wildman–Crippen LogP) is 2.45. The van der Waals surface area contributed by atoms with Gasteiger partial charge in [-0.15, -0.1) is 0 Å². The summed E-state index contributed by atoms with van der Waals surface area (Å²) in [6.07, 6.45) is 10.4. The summed E-state index contributed by atoms with van der Waals surface area (Å²) in [7, 11) is 0. The van der Waals surface area contributed by atoms with Crippen molar-refractivity contribution < 1.29 is 4.79 Å². The highest BCUT2D eigenvalue weighted by molar-refractivity contribution is 5.76. The predicted molar refractivity (Wildman–Crippen MR) is 76.5 cm³/mol. The first kappa shape index (κ1) is 13.4. The second kappa shape index (κ2) is 5.08. The van der Waals surface area contributed by atoms with Crippen LogP contribution in [0, 0.1) is 23.2 Å². The molecule has 0 spiro atoms. The quantitative estimate of drug-likeness (QED) is 0.801. The molecule has 3 heteroatoms. The number of hydrogen-bond donors (Lipinski definition) is 2. The van der Waals surface area contributed by atoms with Crippen molar-refractivity contribution in [3.8, 4) is 0 Å². The normalized spacial score (nSPS) is 41.3. The number of nitrogens with two attached hydrogens (primary N) is 1. The van der Waals surface area contributed by atoms with Crippen molar-refractivity contribution in [1.82, 2.24) is 5.32 Å². The Hall–Kier alpha value is -0.570. The number of hydrogen-bond acceptors (Lipinski definition) is 2.